The lowest BCUT2D eigenvalue weighted by atomic mass is 10.0. The summed E-state index contributed by atoms with van der Waals surface area (Å²) in [6.07, 6.45) is 0.176. The smallest absolute Gasteiger partial charge is 0.407 e. The summed E-state index contributed by atoms with van der Waals surface area (Å²) >= 11 is 0. The molecule has 0 spiro atoms. The average molecular weight is 486 g/mol. The van der Waals surface area contributed by atoms with Crippen LogP contribution >= 0.6 is 10.7 Å². The van der Waals surface area contributed by atoms with Crippen molar-refractivity contribution in [2.75, 3.05) is 19.7 Å². The number of aryl methyl sites for hydroxylation is 1. The van der Waals surface area contributed by atoms with Crippen LogP contribution in [0, 0.1) is 18.6 Å². The molecule has 1 amide bonds. The van der Waals surface area contributed by atoms with Gasteiger partial charge in [-0.25, -0.2) is 27.0 Å². The molecule has 0 bridgehead atoms. The Morgan fingerprint density at radius 1 is 1.31 bits per heavy atom. The highest BCUT2D eigenvalue weighted by molar-refractivity contribution is 8.13. The van der Waals surface area contributed by atoms with Crippen LogP contribution in [0.15, 0.2) is 35.4 Å². The van der Waals surface area contributed by atoms with Crippen molar-refractivity contribution in [3.8, 4) is 11.3 Å². The lowest BCUT2D eigenvalue weighted by Gasteiger charge is -2.31. The summed E-state index contributed by atoms with van der Waals surface area (Å²) in [5.74, 6) is -2.27. The lowest BCUT2D eigenvalue weighted by molar-refractivity contribution is -0.0214. The molecule has 1 unspecified atom stereocenters. The van der Waals surface area contributed by atoms with Crippen LogP contribution in [0.25, 0.3) is 16.9 Å². The quantitative estimate of drug-likeness (QED) is 0.568. The molecule has 3 aromatic rings. The van der Waals surface area contributed by atoms with Crippen LogP contribution in [0.3, 0.4) is 0 Å². The van der Waals surface area contributed by atoms with Crippen molar-refractivity contribution >= 4 is 31.5 Å². The number of imidazole rings is 1. The van der Waals surface area contributed by atoms with E-state index in [0.29, 0.717) is 23.5 Å². The van der Waals surface area contributed by atoms with Gasteiger partial charge in [0.25, 0.3) is 9.05 Å². The van der Waals surface area contributed by atoms with Crippen molar-refractivity contribution < 1.29 is 31.8 Å². The summed E-state index contributed by atoms with van der Waals surface area (Å²) in [6, 6.07) is 4.81. The molecule has 1 aliphatic heterocycles. The second-order valence-electron chi connectivity index (χ2n) is 7.46. The van der Waals surface area contributed by atoms with Crippen molar-refractivity contribution in [1.82, 2.24) is 14.3 Å². The van der Waals surface area contributed by atoms with Gasteiger partial charge in [0.15, 0.2) is 0 Å². The summed E-state index contributed by atoms with van der Waals surface area (Å²) < 4.78 is 60.2. The highest BCUT2D eigenvalue weighted by atomic mass is 35.7. The molecule has 8 nitrogen and oxygen atoms in total. The maximum atomic E-state index is 14.9. The van der Waals surface area contributed by atoms with E-state index in [0.717, 1.165) is 5.56 Å². The summed E-state index contributed by atoms with van der Waals surface area (Å²) in [5.41, 5.74) is 1.16. The van der Waals surface area contributed by atoms with Crippen LogP contribution in [-0.2, 0) is 20.2 Å². The monoisotopic (exact) mass is 485 g/mol. The number of nitrogens with zero attached hydrogens (tertiary/aromatic N) is 3. The van der Waals surface area contributed by atoms with Crippen LogP contribution in [0.4, 0.5) is 13.6 Å². The molecule has 170 valence electrons. The van der Waals surface area contributed by atoms with E-state index in [1.54, 1.807) is 22.7 Å². The van der Waals surface area contributed by atoms with Gasteiger partial charge in [-0.15, -0.1) is 0 Å². The number of pyridine rings is 1. The van der Waals surface area contributed by atoms with Gasteiger partial charge >= 0.3 is 6.09 Å². The molecular weight excluding hydrogens is 468 g/mol. The van der Waals surface area contributed by atoms with Crippen molar-refractivity contribution in [2.24, 2.45) is 0 Å². The second kappa shape index (κ2) is 8.30. The second-order valence-corrected chi connectivity index (χ2v) is 10.0. The van der Waals surface area contributed by atoms with Gasteiger partial charge in [0.05, 0.1) is 41.1 Å². The van der Waals surface area contributed by atoms with Crippen molar-refractivity contribution in [2.45, 2.75) is 24.3 Å². The van der Waals surface area contributed by atoms with Gasteiger partial charge in [-0.3, -0.25) is 0 Å². The third-order valence-corrected chi connectivity index (χ3v) is 6.58. The van der Waals surface area contributed by atoms with Crippen LogP contribution in [0.1, 0.15) is 11.3 Å². The Morgan fingerprint density at radius 2 is 2.00 bits per heavy atom. The van der Waals surface area contributed by atoms with Gasteiger partial charge in [0.2, 0.25) is 0 Å². The molecule has 12 heteroatoms. The SMILES string of the molecule is Cc1ccn2c(CC3CN(C(=O)O)CCO3)c(-c3c(F)cc(S(=O)(=O)Cl)cc3F)nc2c1. The number of hydrogen-bond acceptors (Lipinski definition) is 5. The first-order valence-corrected chi connectivity index (χ1v) is 11.9. The summed E-state index contributed by atoms with van der Waals surface area (Å²) in [4.78, 5) is 16.2. The standard InChI is InChI=1S/C20H18ClF2N3O5S/c1-11-2-3-26-16(7-12-10-25(20(27)28)4-5-31-12)19(24-17(26)6-11)18-14(22)8-13(9-15(18)23)32(21,29)30/h2-3,6,8-9,12H,4-5,7,10H2,1H3,(H,27,28). The Kier molecular flexibility index (Phi) is 5.82. The third kappa shape index (κ3) is 4.27. The van der Waals surface area contributed by atoms with Crippen LogP contribution < -0.4 is 0 Å². The third-order valence-electron chi connectivity index (χ3n) is 5.24. The number of benzene rings is 1. The zero-order valence-electron chi connectivity index (χ0n) is 16.8. The van der Waals surface area contributed by atoms with Gasteiger partial charge in [0.1, 0.15) is 17.3 Å². The highest BCUT2D eigenvalue weighted by Gasteiger charge is 2.29. The fourth-order valence-corrected chi connectivity index (χ4v) is 4.50. The van der Waals surface area contributed by atoms with E-state index in [4.69, 9.17) is 15.4 Å². The molecule has 1 fully saturated rings. The number of fused-ring (bicyclic) bond motifs is 1. The number of carbonyl (C=O) groups is 1. The molecule has 1 aromatic carbocycles. The van der Waals surface area contributed by atoms with E-state index in [9.17, 15) is 27.1 Å². The summed E-state index contributed by atoms with van der Waals surface area (Å²) in [5, 5.41) is 9.28. The molecule has 32 heavy (non-hydrogen) atoms. The van der Waals surface area contributed by atoms with Gasteiger partial charge < -0.3 is 19.1 Å². The first-order valence-electron chi connectivity index (χ1n) is 9.55. The first-order chi connectivity index (χ1) is 15.0. The zero-order valence-corrected chi connectivity index (χ0v) is 18.3. The number of halogens is 3. The normalized spacial score (nSPS) is 17.1. The Bertz CT molecular complexity index is 1310. The zero-order chi connectivity index (χ0) is 23.2. The van der Waals surface area contributed by atoms with Crippen molar-refractivity contribution in [3.63, 3.8) is 0 Å². The van der Waals surface area contributed by atoms with Gasteiger partial charge in [0, 0.05) is 29.8 Å². The minimum Gasteiger partial charge on any atom is -0.465 e. The maximum absolute atomic E-state index is 14.9. The molecule has 0 radical (unpaired) electrons. The maximum Gasteiger partial charge on any atom is 0.407 e. The minimum absolute atomic E-state index is 0.0276. The number of aromatic nitrogens is 2. The van der Waals surface area contributed by atoms with Gasteiger partial charge in [-0.05, 0) is 36.8 Å². The number of morpholine rings is 1. The van der Waals surface area contributed by atoms with E-state index in [1.165, 1.54) is 4.90 Å². The number of carboxylic acid groups (broad SMARTS) is 1. The van der Waals surface area contributed by atoms with E-state index in [2.05, 4.69) is 4.98 Å². The lowest BCUT2D eigenvalue weighted by Crippen LogP contribution is -2.45. The topological polar surface area (TPSA) is 101 Å². The Labute approximate surface area is 186 Å². The van der Waals surface area contributed by atoms with Crippen molar-refractivity contribution in [3.05, 3.63) is 53.4 Å². The Balaban J connectivity index is 1.85. The van der Waals surface area contributed by atoms with E-state index < -0.39 is 43.3 Å². The summed E-state index contributed by atoms with van der Waals surface area (Å²) in [7, 11) is 0.893. The van der Waals surface area contributed by atoms with E-state index in [1.807, 2.05) is 6.92 Å². The average Bonchev–Trinajstić information content (AvgIpc) is 3.04. The number of rotatable bonds is 4. The molecule has 2 aromatic heterocycles. The predicted octanol–water partition coefficient (Wildman–Crippen LogP) is 3.44. The number of ether oxygens (including phenoxy) is 1. The van der Waals surface area contributed by atoms with E-state index in [-0.39, 0.29) is 31.8 Å². The summed E-state index contributed by atoms with van der Waals surface area (Å²) in [6.45, 7) is 2.34. The number of amides is 1. The largest absolute Gasteiger partial charge is 0.465 e. The fraction of sp³-hybridized carbons (Fsp3) is 0.300. The minimum atomic E-state index is -4.34. The van der Waals surface area contributed by atoms with E-state index >= 15 is 0 Å². The fourth-order valence-electron chi connectivity index (χ4n) is 3.74. The van der Waals surface area contributed by atoms with Crippen LogP contribution in [0.2, 0.25) is 0 Å². The van der Waals surface area contributed by atoms with Crippen LogP contribution in [0.5, 0.6) is 0 Å². The molecular formula is C20H18ClF2N3O5S. The Morgan fingerprint density at radius 3 is 2.62 bits per heavy atom. The van der Waals surface area contributed by atoms with Gasteiger partial charge in [-0.2, -0.15) is 0 Å². The van der Waals surface area contributed by atoms with Crippen molar-refractivity contribution in [1.29, 1.82) is 0 Å². The Hall–Kier alpha value is -2.76. The van der Waals surface area contributed by atoms with Gasteiger partial charge in [-0.1, -0.05) is 0 Å². The predicted molar refractivity (Wildman–Crippen MR) is 111 cm³/mol. The molecule has 1 atom stereocenters. The highest BCUT2D eigenvalue weighted by Crippen LogP contribution is 2.33. The molecule has 0 aliphatic carbocycles. The number of hydrogen-bond donors (Lipinski definition) is 1. The first kappa shape index (κ1) is 22.4. The molecule has 1 aliphatic rings. The molecule has 4 rings (SSSR count). The van der Waals surface area contributed by atoms with Crippen LogP contribution in [-0.4, -0.2) is 59.7 Å². The molecule has 1 N–H and O–H groups in total. The molecule has 0 saturated carbocycles. The molecule has 1 saturated heterocycles. The molecule has 3 heterocycles.